The summed E-state index contributed by atoms with van der Waals surface area (Å²) in [5.41, 5.74) is -0.697. The molecule has 7 nitrogen and oxygen atoms in total. The van der Waals surface area contributed by atoms with E-state index in [0.29, 0.717) is 13.0 Å². The van der Waals surface area contributed by atoms with Gasteiger partial charge in [0.1, 0.15) is 11.6 Å². The Morgan fingerprint density at radius 1 is 1.52 bits per heavy atom. The number of rotatable bonds is 5. The average molecular weight is 318 g/mol. The minimum atomic E-state index is -1.16. The molecule has 1 unspecified atom stereocenters. The monoisotopic (exact) mass is 318 g/mol. The fraction of sp³-hybridized carbons (Fsp3) is 0.769. The summed E-state index contributed by atoms with van der Waals surface area (Å²) >= 11 is 4.23. The van der Waals surface area contributed by atoms with Gasteiger partial charge in [0.15, 0.2) is 0 Å². The van der Waals surface area contributed by atoms with Crippen LogP contribution in [0.3, 0.4) is 0 Å². The fourth-order valence-electron chi connectivity index (χ4n) is 1.96. The molecule has 0 bridgehead atoms. The molecule has 2 atom stereocenters. The molecule has 0 aliphatic carbocycles. The molecule has 0 saturated carbocycles. The number of amides is 2. The number of nitrogens with zero attached hydrogens (tertiary/aromatic N) is 1. The molecule has 0 spiro atoms. The third-order valence-corrected chi connectivity index (χ3v) is 3.22. The van der Waals surface area contributed by atoms with Gasteiger partial charge >= 0.3 is 12.1 Å². The number of hydrogen-bond acceptors (Lipinski definition) is 5. The van der Waals surface area contributed by atoms with Gasteiger partial charge in [-0.3, -0.25) is 4.79 Å². The van der Waals surface area contributed by atoms with E-state index < -0.39 is 23.7 Å². The molecule has 21 heavy (non-hydrogen) atoms. The summed E-state index contributed by atoms with van der Waals surface area (Å²) < 4.78 is 5.02. The first-order valence-corrected chi connectivity index (χ1v) is 7.28. The normalized spacial score (nSPS) is 20.3. The van der Waals surface area contributed by atoms with E-state index in [1.54, 1.807) is 25.7 Å². The van der Waals surface area contributed by atoms with Crippen molar-refractivity contribution in [2.45, 2.75) is 50.5 Å². The van der Waals surface area contributed by atoms with E-state index in [4.69, 9.17) is 9.84 Å². The van der Waals surface area contributed by atoms with Gasteiger partial charge in [0.25, 0.3) is 0 Å². The van der Waals surface area contributed by atoms with Crippen LogP contribution in [-0.2, 0) is 14.3 Å². The second-order valence-corrected chi connectivity index (χ2v) is 6.75. The quantitative estimate of drug-likeness (QED) is 0.654. The summed E-state index contributed by atoms with van der Waals surface area (Å²) in [7, 11) is 0. The van der Waals surface area contributed by atoms with Crippen LogP contribution < -0.4 is 5.32 Å². The molecule has 2 N–H and O–H groups in total. The van der Waals surface area contributed by atoms with Crippen molar-refractivity contribution in [1.29, 1.82) is 0 Å². The van der Waals surface area contributed by atoms with Gasteiger partial charge in [-0.05, 0) is 27.2 Å². The number of ether oxygens (including phenoxy) is 1. The summed E-state index contributed by atoms with van der Waals surface area (Å²) in [6.45, 7) is 5.84. The van der Waals surface area contributed by atoms with Crippen molar-refractivity contribution in [3.8, 4) is 0 Å². The standard InChI is InChI=1S/C13H22N2O5S/c1-13(2,3)20-12(19)14-9(11(17)18)4-5-15-7-8(21)6-10(15)16/h8-9,21H,4-7H2,1-3H3,(H,14,19)(H,17,18)/t8?,9-/m0/s1. The van der Waals surface area contributed by atoms with Gasteiger partial charge in [-0.25, -0.2) is 9.59 Å². The highest BCUT2D eigenvalue weighted by Gasteiger charge is 2.29. The lowest BCUT2D eigenvalue weighted by atomic mass is 10.2. The first-order valence-electron chi connectivity index (χ1n) is 6.76. The molecule has 0 aromatic rings. The van der Waals surface area contributed by atoms with Crippen LogP contribution in [0.15, 0.2) is 0 Å². The molecule has 1 rings (SSSR count). The molecular weight excluding hydrogens is 296 g/mol. The Morgan fingerprint density at radius 3 is 2.57 bits per heavy atom. The Kier molecular flexibility index (Phi) is 5.88. The molecule has 120 valence electrons. The Morgan fingerprint density at radius 2 is 2.14 bits per heavy atom. The summed E-state index contributed by atoms with van der Waals surface area (Å²) in [6, 6.07) is -1.09. The number of carboxylic acid groups (broad SMARTS) is 1. The fourth-order valence-corrected chi connectivity index (χ4v) is 2.31. The van der Waals surface area contributed by atoms with E-state index in [1.807, 2.05) is 0 Å². The molecule has 1 aliphatic heterocycles. The smallest absolute Gasteiger partial charge is 0.408 e. The summed E-state index contributed by atoms with van der Waals surface area (Å²) in [5, 5.41) is 11.4. The number of likely N-dealkylation sites (tertiary alicyclic amines) is 1. The van der Waals surface area contributed by atoms with Crippen molar-refractivity contribution in [2.75, 3.05) is 13.1 Å². The number of aliphatic carboxylic acids is 1. The van der Waals surface area contributed by atoms with Gasteiger partial charge < -0.3 is 20.1 Å². The zero-order chi connectivity index (χ0) is 16.2. The van der Waals surface area contributed by atoms with Crippen LogP contribution in [0.5, 0.6) is 0 Å². The number of alkyl carbamates (subject to hydrolysis) is 1. The first kappa shape index (κ1) is 17.6. The number of carbonyl (C=O) groups is 3. The summed E-state index contributed by atoms with van der Waals surface area (Å²) in [4.78, 5) is 35.9. The number of nitrogens with one attached hydrogen (secondary N) is 1. The van der Waals surface area contributed by atoms with Crippen molar-refractivity contribution in [3.63, 3.8) is 0 Å². The van der Waals surface area contributed by atoms with Crippen molar-refractivity contribution in [2.24, 2.45) is 0 Å². The minimum absolute atomic E-state index is 0.0143. The van der Waals surface area contributed by atoms with Crippen molar-refractivity contribution >= 4 is 30.6 Å². The SMILES string of the molecule is CC(C)(C)OC(=O)N[C@@H](CCN1CC(S)CC1=O)C(=O)O. The molecule has 0 radical (unpaired) electrons. The molecular formula is C13H22N2O5S. The third kappa shape index (κ3) is 6.24. The van der Waals surface area contributed by atoms with Crippen LogP contribution >= 0.6 is 12.6 Å². The highest BCUT2D eigenvalue weighted by atomic mass is 32.1. The number of thiol groups is 1. The Balaban J connectivity index is 2.49. The zero-order valence-corrected chi connectivity index (χ0v) is 13.4. The Labute approximate surface area is 129 Å². The molecule has 1 heterocycles. The van der Waals surface area contributed by atoms with Gasteiger partial charge in [0, 0.05) is 24.8 Å². The highest BCUT2D eigenvalue weighted by Crippen LogP contribution is 2.16. The van der Waals surface area contributed by atoms with Crippen molar-refractivity contribution in [1.82, 2.24) is 10.2 Å². The topological polar surface area (TPSA) is 95.9 Å². The second kappa shape index (κ2) is 7.02. The van der Waals surface area contributed by atoms with Crippen LogP contribution in [0.25, 0.3) is 0 Å². The molecule has 1 saturated heterocycles. The van der Waals surface area contributed by atoms with E-state index in [2.05, 4.69) is 17.9 Å². The number of hydrogen-bond donors (Lipinski definition) is 3. The maximum atomic E-state index is 11.6. The van der Waals surface area contributed by atoms with Crippen LogP contribution in [0.4, 0.5) is 4.79 Å². The Bertz CT molecular complexity index is 421. The van der Waals surface area contributed by atoms with Crippen molar-refractivity contribution in [3.05, 3.63) is 0 Å². The average Bonchev–Trinajstić information content (AvgIpc) is 2.60. The largest absolute Gasteiger partial charge is 0.480 e. The lowest BCUT2D eigenvalue weighted by Gasteiger charge is -2.23. The van der Waals surface area contributed by atoms with Crippen LogP contribution in [0, 0.1) is 0 Å². The van der Waals surface area contributed by atoms with Crippen molar-refractivity contribution < 1.29 is 24.2 Å². The number of carbonyl (C=O) groups excluding carboxylic acids is 2. The lowest BCUT2D eigenvalue weighted by Crippen LogP contribution is -2.45. The maximum Gasteiger partial charge on any atom is 0.408 e. The van der Waals surface area contributed by atoms with Crippen LogP contribution in [0.2, 0.25) is 0 Å². The van der Waals surface area contributed by atoms with E-state index >= 15 is 0 Å². The summed E-state index contributed by atoms with van der Waals surface area (Å²) in [6.07, 6.45) is -0.295. The highest BCUT2D eigenvalue weighted by molar-refractivity contribution is 7.81. The second-order valence-electron chi connectivity index (χ2n) is 6.02. The molecule has 1 aliphatic rings. The maximum absolute atomic E-state index is 11.6. The zero-order valence-electron chi connectivity index (χ0n) is 12.5. The van der Waals surface area contributed by atoms with Gasteiger partial charge in [-0.2, -0.15) is 12.6 Å². The van der Waals surface area contributed by atoms with E-state index in [9.17, 15) is 14.4 Å². The molecule has 0 aromatic carbocycles. The van der Waals surface area contributed by atoms with Gasteiger partial charge in [-0.15, -0.1) is 0 Å². The van der Waals surface area contributed by atoms with E-state index in [1.165, 1.54) is 0 Å². The van der Waals surface area contributed by atoms with Crippen LogP contribution in [0.1, 0.15) is 33.6 Å². The van der Waals surface area contributed by atoms with E-state index in [-0.39, 0.29) is 24.1 Å². The molecule has 0 aromatic heterocycles. The lowest BCUT2D eigenvalue weighted by molar-refractivity contribution is -0.140. The number of carboxylic acids is 1. The summed E-state index contributed by atoms with van der Waals surface area (Å²) in [5.74, 6) is -1.20. The van der Waals surface area contributed by atoms with Gasteiger partial charge in [-0.1, -0.05) is 0 Å². The third-order valence-electron chi connectivity index (χ3n) is 2.87. The minimum Gasteiger partial charge on any atom is -0.480 e. The molecule has 8 heteroatoms. The van der Waals surface area contributed by atoms with E-state index in [0.717, 1.165) is 0 Å². The Hall–Kier alpha value is -1.44. The van der Waals surface area contributed by atoms with Gasteiger partial charge in [0.05, 0.1) is 0 Å². The predicted octanol–water partition coefficient (Wildman–Crippen LogP) is 0.885. The van der Waals surface area contributed by atoms with Gasteiger partial charge in [0.2, 0.25) is 5.91 Å². The molecule has 1 fully saturated rings. The predicted molar refractivity (Wildman–Crippen MR) is 79.4 cm³/mol. The van der Waals surface area contributed by atoms with Crippen LogP contribution in [-0.4, -0.2) is 58.0 Å². The first-order chi connectivity index (χ1) is 9.58. The molecule has 2 amide bonds.